The highest BCUT2D eigenvalue weighted by Crippen LogP contribution is 2.36. The first kappa shape index (κ1) is 24.6. The molecule has 10 nitrogen and oxygen atoms in total. The fraction of sp³-hybridized carbons (Fsp3) is 0.444. The van der Waals surface area contributed by atoms with Crippen LogP contribution in [0.25, 0.3) is 11.0 Å². The van der Waals surface area contributed by atoms with Crippen molar-refractivity contribution in [2.75, 3.05) is 18.0 Å². The van der Waals surface area contributed by atoms with Crippen LogP contribution in [-0.2, 0) is 30.7 Å². The summed E-state index contributed by atoms with van der Waals surface area (Å²) >= 11 is 0. The number of benzene rings is 1. The fourth-order valence-corrected chi connectivity index (χ4v) is 5.49. The molecule has 10 heteroatoms. The molecule has 1 N–H and O–H groups in total. The summed E-state index contributed by atoms with van der Waals surface area (Å²) in [5, 5.41) is 19.0. The quantitative estimate of drug-likeness (QED) is 0.572. The highest BCUT2D eigenvalue weighted by Gasteiger charge is 2.31. The van der Waals surface area contributed by atoms with Crippen LogP contribution in [0.15, 0.2) is 41.3 Å². The van der Waals surface area contributed by atoms with E-state index < -0.39 is 6.09 Å². The summed E-state index contributed by atoms with van der Waals surface area (Å²) in [4.78, 5) is 45.7. The van der Waals surface area contributed by atoms with Crippen molar-refractivity contribution >= 4 is 28.7 Å². The lowest BCUT2D eigenvalue weighted by Gasteiger charge is -2.33. The number of rotatable bonds is 5. The molecule has 0 unspecified atom stereocenters. The van der Waals surface area contributed by atoms with Gasteiger partial charge in [-0.05, 0) is 50.8 Å². The highest BCUT2D eigenvalue weighted by atomic mass is 16.4. The zero-order chi connectivity index (χ0) is 26.1. The Balaban J connectivity index is 1.52. The van der Waals surface area contributed by atoms with Crippen LogP contribution in [0.4, 0.5) is 10.5 Å². The third kappa shape index (κ3) is 4.69. The Bertz CT molecular complexity index is 1440. The molecule has 0 aliphatic carbocycles. The number of anilines is 1. The zero-order valence-corrected chi connectivity index (χ0v) is 20.8. The molecule has 5 rings (SSSR count). The van der Waals surface area contributed by atoms with Gasteiger partial charge in [-0.15, -0.1) is 0 Å². The Labute approximate surface area is 214 Å². The number of fused-ring (bicyclic) bond motifs is 3. The van der Waals surface area contributed by atoms with E-state index in [2.05, 4.69) is 6.07 Å². The zero-order valence-electron chi connectivity index (χ0n) is 20.8. The maximum atomic E-state index is 13.3. The van der Waals surface area contributed by atoms with Crippen molar-refractivity contribution in [3.63, 3.8) is 0 Å². The van der Waals surface area contributed by atoms with Gasteiger partial charge >= 0.3 is 6.09 Å². The number of piperidine rings is 1. The summed E-state index contributed by atoms with van der Waals surface area (Å²) in [5.74, 6) is 0.635. The molecule has 1 saturated heterocycles. The molecule has 2 aliphatic heterocycles. The Morgan fingerprint density at radius 2 is 1.95 bits per heavy atom. The molecule has 37 heavy (non-hydrogen) atoms. The number of hydrogen-bond donors (Lipinski definition) is 1. The SMILES string of the molecule is C[C@H]1CCc2c(ccc3c2nc(CCn2ccccc2=O)n3CC(=O)N2CCC(C#N)CC2)N1C(=O)O. The van der Waals surface area contributed by atoms with Crippen LogP contribution in [0, 0.1) is 17.2 Å². The Morgan fingerprint density at radius 3 is 2.65 bits per heavy atom. The number of nitriles is 1. The molecule has 1 atom stereocenters. The lowest BCUT2D eigenvalue weighted by atomic mass is 9.96. The minimum atomic E-state index is -0.994. The predicted octanol–water partition coefficient (Wildman–Crippen LogP) is 3.02. The molecule has 1 fully saturated rings. The first-order chi connectivity index (χ1) is 17.9. The van der Waals surface area contributed by atoms with Crippen molar-refractivity contribution in [2.45, 2.75) is 58.2 Å². The third-order valence-corrected chi connectivity index (χ3v) is 7.60. The molecule has 0 spiro atoms. The van der Waals surface area contributed by atoms with Gasteiger partial charge < -0.3 is 19.1 Å². The summed E-state index contributed by atoms with van der Waals surface area (Å²) in [7, 11) is 0. The number of aryl methyl sites for hydroxylation is 3. The molecular formula is C27H30N6O4. The van der Waals surface area contributed by atoms with E-state index in [1.807, 2.05) is 23.6 Å². The van der Waals surface area contributed by atoms with Gasteiger partial charge in [0.15, 0.2) is 0 Å². The van der Waals surface area contributed by atoms with E-state index in [9.17, 15) is 24.8 Å². The van der Waals surface area contributed by atoms with Gasteiger partial charge in [-0.1, -0.05) is 6.07 Å². The van der Waals surface area contributed by atoms with Crippen LogP contribution >= 0.6 is 0 Å². The van der Waals surface area contributed by atoms with Gasteiger partial charge in [-0.2, -0.15) is 5.26 Å². The molecule has 2 amide bonds. The molecule has 2 aromatic heterocycles. The van der Waals surface area contributed by atoms with Crippen LogP contribution in [0.5, 0.6) is 0 Å². The van der Waals surface area contributed by atoms with Gasteiger partial charge in [0.1, 0.15) is 12.4 Å². The molecule has 3 aromatic rings. The Morgan fingerprint density at radius 1 is 1.16 bits per heavy atom. The molecular weight excluding hydrogens is 472 g/mol. The van der Waals surface area contributed by atoms with E-state index in [1.54, 1.807) is 27.8 Å². The van der Waals surface area contributed by atoms with Gasteiger partial charge in [-0.25, -0.2) is 9.78 Å². The topological polar surface area (TPSA) is 124 Å². The molecule has 0 saturated carbocycles. The molecule has 0 radical (unpaired) electrons. The molecule has 2 aliphatic rings. The van der Waals surface area contributed by atoms with Crippen molar-refractivity contribution in [1.82, 2.24) is 19.0 Å². The number of imidazole rings is 1. The number of aromatic nitrogens is 3. The van der Waals surface area contributed by atoms with Gasteiger partial charge in [0.2, 0.25) is 5.91 Å². The molecule has 1 aromatic carbocycles. The lowest BCUT2D eigenvalue weighted by molar-refractivity contribution is -0.133. The average Bonchev–Trinajstić information content (AvgIpc) is 3.25. The molecule has 192 valence electrons. The molecule has 4 heterocycles. The Kier molecular flexibility index (Phi) is 6.70. The van der Waals surface area contributed by atoms with Crippen molar-refractivity contribution < 1.29 is 14.7 Å². The summed E-state index contributed by atoms with van der Waals surface area (Å²) in [5.41, 5.74) is 2.90. The lowest BCUT2D eigenvalue weighted by Crippen LogP contribution is -2.41. The maximum absolute atomic E-state index is 13.3. The normalized spacial score (nSPS) is 18.0. The van der Waals surface area contributed by atoms with E-state index in [1.165, 1.54) is 11.0 Å². The number of nitrogens with zero attached hydrogens (tertiary/aromatic N) is 6. The second-order valence-corrected chi connectivity index (χ2v) is 9.85. The number of carboxylic acid groups (broad SMARTS) is 1. The number of amides is 2. The largest absolute Gasteiger partial charge is 0.465 e. The first-order valence-corrected chi connectivity index (χ1v) is 12.7. The van der Waals surface area contributed by atoms with Gasteiger partial charge in [0, 0.05) is 55.8 Å². The van der Waals surface area contributed by atoms with E-state index >= 15 is 0 Å². The van der Waals surface area contributed by atoms with Crippen molar-refractivity contribution in [3.05, 3.63) is 58.3 Å². The minimum Gasteiger partial charge on any atom is -0.465 e. The number of hydrogen-bond acceptors (Lipinski definition) is 5. The van der Waals surface area contributed by atoms with Gasteiger partial charge in [-0.3, -0.25) is 14.5 Å². The summed E-state index contributed by atoms with van der Waals surface area (Å²) in [6.07, 6.45) is 3.91. The molecule has 0 bridgehead atoms. The Hall–Kier alpha value is -4.13. The van der Waals surface area contributed by atoms with E-state index in [-0.39, 0.29) is 30.0 Å². The standard InChI is InChI=1S/C27H30N6O4/c1-18-5-6-20-21(33(18)27(36)37)7-8-22-26(20)29-23(11-15-30-12-3-2-4-24(30)34)32(22)17-25(35)31-13-9-19(16-28)10-14-31/h2-4,7-8,12,18-19H,5-6,9-11,13-15,17H2,1H3,(H,36,37)/t18-/m0/s1. The summed E-state index contributed by atoms with van der Waals surface area (Å²) < 4.78 is 3.52. The summed E-state index contributed by atoms with van der Waals surface area (Å²) in [6.45, 7) is 3.52. The smallest absolute Gasteiger partial charge is 0.412 e. The van der Waals surface area contributed by atoms with Crippen molar-refractivity contribution in [3.8, 4) is 6.07 Å². The average molecular weight is 503 g/mol. The number of carbonyl (C=O) groups excluding carboxylic acids is 1. The monoisotopic (exact) mass is 502 g/mol. The van der Waals surface area contributed by atoms with E-state index in [4.69, 9.17) is 4.98 Å². The number of carbonyl (C=O) groups is 2. The fourth-order valence-electron chi connectivity index (χ4n) is 5.49. The van der Waals surface area contributed by atoms with E-state index in [0.29, 0.717) is 68.8 Å². The van der Waals surface area contributed by atoms with Gasteiger partial charge in [0.05, 0.1) is 22.8 Å². The first-order valence-electron chi connectivity index (χ1n) is 12.7. The van der Waals surface area contributed by atoms with Crippen LogP contribution < -0.4 is 10.5 Å². The van der Waals surface area contributed by atoms with Gasteiger partial charge in [0.25, 0.3) is 5.56 Å². The van der Waals surface area contributed by atoms with Crippen LogP contribution in [0.3, 0.4) is 0 Å². The van der Waals surface area contributed by atoms with Crippen LogP contribution in [0.1, 0.15) is 37.6 Å². The van der Waals surface area contributed by atoms with Crippen molar-refractivity contribution in [1.29, 1.82) is 5.26 Å². The number of pyridine rings is 1. The maximum Gasteiger partial charge on any atom is 0.412 e. The van der Waals surface area contributed by atoms with Crippen LogP contribution in [-0.4, -0.2) is 55.3 Å². The summed E-state index contributed by atoms with van der Waals surface area (Å²) in [6, 6.07) is 10.8. The predicted molar refractivity (Wildman–Crippen MR) is 137 cm³/mol. The van der Waals surface area contributed by atoms with Crippen LogP contribution in [0.2, 0.25) is 0 Å². The second-order valence-electron chi connectivity index (χ2n) is 9.85. The van der Waals surface area contributed by atoms with Crippen molar-refractivity contribution in [2.24, 2.45) is 5.92 Å². The minimum absolute atomic E-state index is 0.0102. The number of likely N-dealkylation sites (tertiary alicyclic amines) is 1. The second kappa shape index (κ2) is 10.1. The van der Waals surface area contributed by atoms with E-state index in [0.717, 1.165) is 11.1 Å². The highest BCUT2D eigenvalue weighted by molar-refractivity contribution is 5.95. The third-order valence-electron chi connectivity index (χ3n) is 7.60.